The van der Waals surface area contributed by atoms with Crippen LogP contribution in [0.25, 0.3) is 0 Å². The van der Waals surface area contributed by atoms with E-state index in [0.717, 1.165) is 23.3 Å². The number of methoxy groups -OCH3 is 1. The summed E-state index contributed by atoms with van der Waals surface area (Å²) in [5.74, 6) is -2.66. The summed E-state index contributed by atoms with van der Waals surface area (Å²) in [6.45, 7) is -0.270. The average Bonchev–Trinajstić information content (AvgIpc) is 2.95. The van der Waals surface area contributed by atoms with Gasteiger partial charge in [-0.25, -0.2) is 8.78 Å². The molecule has 1 amide bonds. The van der Waals surface area contributed by atoms with Gasteiger partial charge in [0.05, 0.1) is 12.8 Å². The Balaban J connectivity index is 1.58. The predicted molar refractivity (Wildman–Crippen MR) is 118 cm³/mol. The number of esters is 1. The van der Waals surface area contributed by atoms with Crippen molar-refractivity contribution in [2.75, 3.05) is 19.0 Å². The summed E-state index contributed by atoms with van der Waals surface area (Å²) in [6, 6.07) is 13.2. The van der Waals surface area contributed by atoms with E-state index in [0.29, 0.717) is 29.7 Å². The quantitative estimate of drug-likeness (QED) is 0.576. The monoisotopic (exact) mass is 450 g/mol. The highest BCUT2D eigenvalue weighted by Gasteiger charge is 2.23. The maximum atomic E-state index is 14.0. The molecule has 168 valence electrons. The number of carbonyl (C=O) groups is 3. The Morgan fingerprint density at radius 2 is 1.73 bits per heavy atom. The van der Waals surface area contributed by atoms with Gasteiger partial charge in [0.2, 0.25) is 0 Å². The molecule has 3 aromatic rings. The number of ether oxygens (including phenoxy) is 1. The molecule has 0 saturated heterocycles. The fraction of sp³-hybridized carbons (Fsp3) is 0.160. The average molecular weight is 450 g/mol. The number of halogens is 2. The van der Waals surface area contributed by atoms with E-state index in [1.807, 2.05) is 0 Å². The van der Waals surface area contributed by atoms with Crippen molar-refractivity contribution in [3.8, 4) is 0 Å². The summed E-state index contributed by atoms with van der Waals surface area (Å²) in [5, 5.41) is 5.37. The molecule has 0 saturated carbocycles. The molecule has 0 aromatic heterocycles. The SMILES string of the molecule is COC(=O)CNC(=O)c1ccc2c(c1)C(=O)c1ccc(Nc3ccc(F)cc3F)cc1CC2. The predicted octanol–water partition coefficient (Wildman–Crippen LogP) is 3.94. The molecule has 0 heterocycles. The highest BCUT2D eigenvalue weighted by molar-refractivity contribution is 6.12. The fourth-order valence-corrected chi connectivity index (χ4v) is 3.73. The van der Waals surface area contributed by atoms with E-state index in [-0.39, 0.29) is 23.6 Å². The van der Waals surface area contributed by atoms with Crippen LogP contribution in [0.2, 0.25) is 0 Å². The van der Waals surface area contributed by atoms with Gasteiger partial charge in [-0.2, -0.15) is 0 Å². The molecule has 2 N–H and O–H groups in total. The Bertz CT molecular complexity index is 1270. The highest BCUT2D eigenvalue weighted by Crippen LogP contribution is 2.29. The Labute approximate surface area is 188 Å². The number of hydrogen-bond donors (Lipinski definition) is 2. The third-order valence-corrected chi connectivity index (χ3v) is 5.46. The number of carbonyl (C=O) groups excluding carboxylic acids is 3. The molecule has 8 heteroatoms. The normalized spacial score (nSPS) is 12.3. The van der Waals surface area contributed by atoms with Crippen molar-refractivity contribution in [2.24, 2.45) is 0 Å². The van der Waals surface area contributed by atoms with Crippen LogP contribution < -0.4 is 10.6 Å². The van der Waals surface area contributed by atoms with Gasteiger partial charge >= 0.3 is 5.97 Å². The van der Waals surface area contributed by atoms with Crippen molar-refractivity contribution in [3.05, 3.63) is 94.0 Å². The second-order valence-corrected chi connectivity index (χ2v) is 7.58. The Kier molecular flexibility index (Phi) is 6.17. The van der Waals surface area contributed by atoms with Gasteiger partial charge in [-0.3, -0.25) is 14.4 Å². The molecule has 4 rings (SSSR count). The molecule has 0 radical (unpaired) electrons. The molecule has 1 aliphatic carbocycles. The van der Waals surface area contributed by atoms with Gasteiger partial charge in [-0.15, -0.1) is 0 Å². The van der Waals surface area contributed by atoms with E-state index in [9.17, 15) is 23.2 Å². The summed E-state index contributed by atoms with van der Waals surface area (Å²) in [4.78, 5) is 36.9. The van der Waals surface area contributed by atoms with Crippen LogP contribution in [0.15, 0.2) is 54.6 Å². The molecule has 0 atom stereocenters. The summed E-state index contributed by atoms with van der Waals surface area (Å²) in [6.07, 6.45) is 1.15. The van der Waals surface area contributed by atoms with E-state index in [1.54, 1.807) is 30.3 Å². The van der Waals surface area contributed by atoms with Crippen LogP contribution in [-0.4, -0.2) is 31.3 Å². The summed E-state index contributed by atoms with van der Waals surface area (Å²) in [7, 11) is 1.23. The van der Waals surface area contributed by atoms with Crippen LogP contribution in [-0.2, 0) is 22.4 Å². The number of nitrogens with one attached hydrogen (secondary N) is 2. The van der Waals surface area contributed by atoms with Crippen LogP contribution in [0, 0.1) is 11.6 Å². The van der Waals surface area contributed by atoms with Crippen molar-refractivity contribution < 1.29 is 27.9 Å². The van der Waals surface area contributed by atoms with E-state index in [1.165, 1.54) is 19.2 Å². The van der Waals surface area contributed by atoms with E-state index in [2.05, 4.69) is 15.4 Å². The third-order valence-electron chi connectivity index (χ3n) is 5.46. The number of fused-ring (bicyclic) bond motifs is 2. The maximum absolute atomic E-state index is 14.0. The van der Waals surface area contributed by atoms with Crippen molar-refractivity contribution in [2.45, 2.75) is 12.8 Å². The van der Waals surface area contributed by atoms with Crippen LogP contribution in [0.4, 0.5) is 20.2 Å². The Hall–Kier alpha value is -4.07. The van der Waals surface area contributed by atoms with Crippen LogP contribution >= 0.6 is 0 Å². The van der Waals surface area contributed by atoms with Crippen molar-refractivity contribution >= 4 is 29.0 Å². The van der Waals surface area contributed by atoms with Gasteiger partial charge in [0.25, 0.3) is 5.91 Å². The number of amides is 1. The summed E-state index contributed by atoms with van der Waals surface area (Å²) in [5.41, 5.74) is 3.46. The molecule has 0 unspecified atom stereocenters. The zero-order valence-electron chi connectivity index (χ0n) is 17.7. The molecular formula is C25H20F2N2O4. The number of hydrogen-bond acceptors (Lipinski definition) is 5. The lowest BCUT2D eigenvalue weighted by atomic mass is 9.96. The van der Waals surface area contributed by atoms with Crippen LogP contribution in [0.5, 0.6) is 0 Å². The molecule has 3 aromatic carbocycles. The molecule has 0 aliphatic heterocycles. The minimum absolute atomic E-state index is 0.127. The molecule has 0 bridgehead atoms. The maximum Gasteiger partial charge on any atom is 0.325 e. The first kappa shape index (κ1) is 22.1. The zero-order valence-corrected chi connectivity index (χ0v) is 17.7. The topological polar surface area (TPSA) is 84.5 Å². The minimum atomic E-state index is -0.716. The van der Waals surface area contributed by atoms with Crippen LogP contribution in [0.3, 0.4) is 0 Å². The van der Waals surface area contributed by atoms with Crippen LogP contribution in [0.1, 0.15) is 37.4 Å². The smallest absolute Gasteiger partial charge is 0.325 e. The molecule has 1 aliphatic rings. The third kappa shape index (κ3) is 4.74. The largest absolute Gasteiger partial charge is 0.468 e. The summed E-state index contributed by atoms with van der Waals surface area (Å²) < 4.78 is 31.6. The number of rotatable bonds is 5. The minimum Gasteiger partial charge on any atom is -0.468 e. The highest BCUT2D eigenvalue weighted by atomic mass is 19.1. The molecule has 0 fully saturated rings. The van der Waals surface area contributed by atoms with Gasteiger partial charge in [-0.05, 0) is 66.4 Å². The number of anilines is 2. The van der Waals surface area contributed by atoms with Gasteiger partial charge in [-0.1, -0.05) is 6.07 Å². The number of ketones is 1. The number of benzene rings is 3. The van der Waals surface area contributed by atoms with Gasteiger partial charge in [0.1, 0.15) is 18.2 Å². The number of aryl methyl sites for hydroxylation is 2. The molecule has 0 spiro atoms. The van der Waals surface area contributed by atoms with Crippen molar-refractivity contribution in [1.82, 2.24) is 5.32 Å². The van der Waals surface area contributed by atoms with Crippen molar-refractivity contribution in [3.63, 3.8) is 0 Å². The zero-order chi connectivity index (χ0) is 23.5. The molecular weight excluding hydrogens is 430 g/mol. The first-order chi connectivity index (χ1) is 15.9. The van der Waals surface area contributed by atoms with Crippen molar-refractivity contribution in [1.29, 1.82) is 0 Å². The van der Waals surface area contributed by atoms with E-state index in [4.69, 9.17) is 0 Å². The lowest BCUT2D eigenvalue weighted by Gasteiger charge is -2.11. The molecule has 6 nitrogen and oxygen atoms in total. The van der Waals surface area contributed by atoms with Gasteiger partial charge < -0.3 is 15.4 Å². The Morgan fingerprint density at radius 3 is 2.48 bits per heavy atom. The first-order valence-electron chi connectivity index (χ1n) is 10.2. The van der Waals surface area contributed by atoms with E-state index < -0.39 is 23.5 Å². The molecule has 33 heavy (non-hydrogen) atoms. The second-order valence-electron chi connectivity index (χ2n) is 7.58. The first-order valence-corrected chi connectivity index (χ1v) is 10.2. The van der Waals surface area contributed by atoms with Gasteiger partial charge in [0, 0.05) is 28.4 Å². The summed E-state index contributed by atoms with van der Waals surface area (Å²) >= 11 is 0. The fourth-order valence-electron chi connectivity index (χ4n) is 3.73. The Morgan fingerprint density at radius 1 is 0.939 bits per heavy atom. The van der Waals surface area contributed by atoms with Gasteiger partial charge in [0.15, 0.2) is 5.78 Å². The lowest BCUT2D eigenvalue weighted by molar-refractivity contribution is -0.139. The lowest BCUT2D eigenvalue weighted by Crippen LogP contribution is -2.30. The van der Waals surface area contributed by atoms with E-state index >= 15 is 0 Å². The standard InChI is InChI=1S/C25H20F2N2O4/c1-33-23(30)13-28-25(32)16-5-3-14-2-4-15-10-18(7-8-19(15)24(31)20(14)11-16)29-22-9-6-17(26)12-21(22)27/h3,5-12,29H,2,4,13H2,1H3,(H,28,32). The second kappa shape index (κ2) is 9.20.